The zero-order chi connectivity index (χ0) is 36.0. The Balaban J connectivity index is 1.10. The van der Waals surface area contributed by atoms with E-state index in [9.17, 15) is 0 Å². The summed E-state index contributed by atoms with van der Waals surface area (Å²) in [6, 6.07) is 58.6. The van der Waals surface area contributed by atoms with Crippen LogP contribution < -0.4 is 0 Å². The molecular formula is C49H28N4O2. The van der Waals surface area contributed by atoms with Gasteiger partial charge in [-0.1, -0.05) is 109 Å². The molecule has 0 amide bonds. The standard InChI is InChI=1S/C49H28N4O2/c1-2-12-29(13-3-1)47-50-48(32-24-25-43-38(27-32)34-17-7-9-22-42(34)54-43)52-49(51-47)36-19-10-18-35-45-40(21-11-23-44(45)55-46(35)36)53-39-20-8-6-16-33(39)37-26-30-14-4-5-15-31(30)28-41(37)53/h1-28H. The molecule has 8 aromatic carbocycles. The summed E-state index contributed by atoms with van der Waals surface area (Å²) in [6.45, 7) is 0. The van der Waals surface area contributed by atoms with Crippen LogP contribution in [0.5, 0.6) is 0 Å². The normalized spacial score (nSPS) is 12.0. The molecule has 6 heteroatoms. The Morgan fingerprint density at radius 3 is 1.95 bits per heavy atom. The number of aromatic nitrogens is 4. The lowest BCUT2D eigenvalue weighted by Gasteiger charge is -2.10. The summed E-state index contributed by atoms with van der Waals surface area (Å²) >= 11 is 0. The van der Waals surface area contributed by atoms with Gasteiger partial charge in [-0.2, -0.15) is 0 Å². The van der Waals surface area contributed by atoms with Crippen molar-refractivity contribution in [1.29, 1.82) is 0 Å². The molecule has 12 rings (SSSR count). The van der Waals surface area contributed by atoms with Crippen molar-refractivity contribution in [2.24, 2.45) is 0 Å². The molecule has 6 nitrogen and oxygen atoms in total. The van der Waals surface area contributed by atoms with E-state index in [0.29, 0.717) is 17.5 Å². The SMILES string of the molecule is c1ccc(-c2nc(-c3ccc4oc5ccccc5c4c3)nc(-c3cccc4c3oc3cccc(-n5c6ccccc6c6cc7ccccc7cc65)c34)n2)cc1. The van der Waals surface area contributed by atoms with E-state index in [0.717, 1.165) is 77.3 Å². The maximum atomic E-state index is 6.83. The number of fused-ring (bicyclic) bond motifs is 10. The van der Waals surface area contributed by atoms with Crippen molar-refractivity contribution in [1.82, 2.24) is 19.5 Å². The van der Waals surface area contributed by atoms with E-state index in [-0.39, 0.29) is 0 Å². The van der Waals surface area contributed by atoms with Crippen molar-refractivity contribution in [3.05, 3.63) is 170 Å². The van der Waals surface area contributed by atoms with Gasteiger partial charge >= 0.3 is 0 Å². The van der Waals surface area contributed by atoms with Gasteiger partial charge in [-0.25, -0.2) is 15.0 Å². The van der Waals surface area contributed by atoms with Crippen LogP contribution >= 0.6 is 0 Å². The molecule has 55 heavy (non-hydrogen) atoms. The zero-order valence-corrected chi connectivity index (χ0v) is 29.3. The van der Waals surface area contributed by atoms with E-state index in [2.05, 4.69) is 102 Å². The highest BCUT2D eigenvalue weighted by atomic mass is 16.3. The van der Waals surface area contributed by atoms with Gasteiger partial charge in [0.2, 0.25) is 0 Å². The van der Waals surface area contributed by atoms with Crippen LogP contribution in [-0.4, -0.2) is 19.5 Å². The van der Waals surface area contributed by atoms with E-state index in [4.69, 9.17) is 23.8 Å². The van der Waals surface area contributed by atoms with E-state index < -0.39 is 0 Å². The predicted molar refractivity (Wildman–Crippen MR) is 223 cm³/mol. The first kappa shape index (κ1) is 29.9. The molecule has 0 saturated heterocycles. The largest absolute Gasteiger partial charge is 0.456 e. The Morgan fingerprint density at radius 2 is 1.05 bits per heavy atom. The summed E-state index contributed by atoms with van der Waals surface area (Å²) in [4.78, 5) is 15.3. The second-order valence-corrected chi connectivity index (χ2v) is 14.0. The van der Waals surface area contributed by atoms with Gasteiger partial charge in [0.1, 0.15) is 22.3 Å². The Labute approximate surface area is 313 Å². The molecular weight excluding hydrogens is 677 g/mol. The number of hydrogen-bond acceptors (Lipinski definition) is 5. The summed E-state index contributed by atoms with van der Waals surface area (Å²) in [7, 11) is 0. The van der Waals surface area contributed by atoms with Gasteiger partial charge in [0.25, 0.3) is 0 Å². The van der Waals surface area contributed by atoms with Crippen molar-refractivity contribution < 1.29 is 8.83 Å². The molecule has 4 aromatic heterocycles. The molecule has 12 aromatic rings. The van der Waals surface area contributed by atoms with Crippen LogP contribution in [0.2, 0.25) is 0 Å². The molecule has 0 N–H and O–H groups in total. The monoisotopic (exact) mass is 704 g/mol. The van der Waals surface area contributed by atoms with Crippen LogP contribution in [0.25, 0.3) is 116 Å². The van der Waals surface area contributed by atoms with Crippen molar-refractivity contribution in [2.45, 2.75) is 0 Å². The van der Waals surface area contributed by atoms with Crippen LogP contribution in [-0.2, 0) is 0 Å². The molecule has 0 aliphatic carbocycles. The number of rotatable bonds is 4. The molecule has 0 atom stereocenters. The van der Waals surface area contributed by atoms with Gasteiger partial charge in [-0.05, 0) is 71.4 Å². The number of benzene rings is 8. The molecule has 0 aliphatic rings. The minimum absolute atomic E-state index is 0.538. The minimum atomic E-state index is 0.538. The first-order chi connectivity index (χ1) is 27.2. The molecule has 4 heterocycles. The Morgan fingerprint density at radius 1 is 0.382 bits per heavy atom. The van der Waals surface area contributed by atoms with E-state index in [1.54, 1.807) is 0 Å². The summed E-state index contributed by atoms with van der Waals surface area (Å²) in [5.74, 6) is 1.70. The van der Waals surface area contributed by atoms with Crippen LogP contribution in [0.1, 0.15) is 0 Å². The highest BCUT2D eigenvalue weighted by molar-refractivity contribution is 6.17. The van der Waals surface area contributed by atoms with E-state index in [1.807, 2.05) is 72.8 Å². The third-order valence-corrected chi connectivity index (χ3v) is 10.8. The van der Waals surface area contributed by atoms with Gasteiger partial charge < -0.3 is 13.4 Å². The van der Waals surface area contributed by atoms with Gasteiger partial charge in [0.15, 0.2) is 17.5 Å². The zero-order valence-electron chi connectivity index (χ0n) is 29.3. The first-order valence-electron chi connectivity index (χ1n) is 18.4. The molecule has 0 saturated carbocycles. The van der Waals surface area contributed by atoms with Crippen molar-refractivity contribution in [3.63, 3.8) is 0 Å². The second kappa shape index (κ2) is 11.5. The molecule has 256 valence electrons. The van der Waals surface area contributed by atoms with Crippen molar-refractivity contribution in [3.8, 4) is 39.9 Å². The average molecular weight is 705 g/mol. The number of para-hydroxylation sites is 3. The third-order valence-electron chi connectivity index (χ3n) is 10.8. The van der Waals surface area contributed by atoms with E-state index in [1.165, 1.54) is 21.5 Å². The smallest absolute Gasteiger partial charge is 0.167 e. The number of nitrogens with zero attached hydrogens (tertiary/aromatic N) is 4. The number of furan rings is 2. The highest BCUT2D eigenvalue weighted by Gasteiger charge is 2.22. The first-order valence-corrected chi connectivity index (χ1v) is 18.4. The average Bonchev–Trinajstić information content (AvgIpc) is 3.92. The maximum Gasteiger partial charge on any atom is 0.167 e. The molecule has 0 fully saturated rings. The quantitative estimate of drug-likeness (QED) is 0.182. The van der Waals surface area contributed by atoms with Crippen LogP contribution in [0.15, 0.2) is 179 Å². The summed E-state index contributed by atoms with van der Waals surface area (Å²) in [6.07, 6.45) is 0. The Hall–Kier alpha value is -7.57. The lowest BCUT2D eigenvalue weighted by Crippen LogP contribution is -2.00. The number of hydrogen-bond donors (Lipinski definition) is 0. The minimum Gasteiger partial charge on any atom is -0.456 e. The fourth-order valence-corrected chi connectivity index (χ4v) is 8.31. The molecule has 0 aliphatic heterocycles. The van der Waals surface area contributed by atoms with Crippen LogP contribution in [0, 0.1) is 0 Å². The van der Waals surface area contributed by atoms with Crippen molar-refractivity contribution >= 4 is 76.5 Å². The fourth-order valence-electron chi connectivity index (χ4n) is 8.31. The summed E-state index contributed by atoms with van der Waals surface area (Å²) in [5.41, 5.74) is 9.10. The van der Waals surface area contributed by atoms with E-state index >= 15 is 0 Å². The van der Waals surface area contributed by atoms with Gasteiger partial charge in [-0.3, -0.25) is 0 Å². The Kier molecular flexibility index (Phi) is 6.24. The lowest BCUT2D eigenvalue weighted by molar-refractivity contribution is 0.669. The van der Waals surface area contributed by atoms with Crippen LogP contribution in [0.3, 0.4) is 0 Å². The third kappa shape index (κ3) is 4.52. The molecule has 0 bridgehead atoms. The molecule has 0 radical (unpaired) electrons. The van der Waals surface area contributed by atoms with Gasteiger partial charge in [-0.15, -0.1) is 0 Å². The predicted octanol–water partition coefficient (Wildman–Crippen LogP) is 12.9. The van der Waals surface area contributed by atoms with Crippen LogP contribution in [0.4, 0.5) is 0 Å². The maximum absolute atomic E-state index is 6.83. The van der Waals surface area contributed by atoms with Crippen molar-refractivity contribution in [2.75, 3.05) is 0 Å². The fraction of sp³-hybridized carbons (Fsp3) is 0. The van der Waals surface area contributed by atoms with Gasteiger partial charge in [0.05, 0.1) is 27.7 Å². The topological polar surface area (TPSA) is 69.9 Å². The Bertz CT molecular complexity index is 3500. The highest BCUT2D eigenvalue weighted by Crippen LogP contribution is 2.42. The van der Waals surface area contributed by atoms with Gasteiger partial charge in [0, 0.05) is 38.1 Å². The molecule has 0 unspecified atom stereocenters. The lowest BCUT2D eigenvalue weighted by atomic mass is 10.1. The summed E-state index contributed by atoms with van der Waals surface area (Å²) < 4.78 is 15.4. The molecule has 0 spiro atoms. The second-order valence-electron chi connectivity index (χ2n) is 14.0. The summed E-state index contributed by atoms with van der Waals surface area (Å²) in [5, 5.41) is 8.94.